The normalized spacial score (nSPS) is 17.0. The van der Waals surface area contributed by atoms with Crippen LogP contribution >= 0.6 is 0 Å². The van der Waals surface area contributed by atoms with Crippen molar-refractivity contribution in [3.8, 4) is 0 Å². The standard InChI is InChI=1S/C26H26N6O2/c1-17-14-23-29-31(16-24(33)28-22-11-10-19-7-4-5-9-21(19)22)26(34)32(23)25(27-17)30-13-12-18-6-2-3-8-20(18)15-30/h2-9,14,22H,10-13,15-16H2,1H3,(H,28,33). The Bertz CT molecular complexity index is 1470. The van der Waals surface area contributed by atoms with Crippen molar-refractivity contribution in [1.29, 1.82) is 0 Å². The van der Waals surface area contributed by atoms with E-state index < -0.39 is 0 Å². The fourth-order valence-electron chi connectivity index (χ4n) is 5.20. The number of amides is 1. The van der Waals surface area contributed by atoms with E-state index in [-0.39, 0.29) is 24.2 Å². The number of aryl methyl sites for hydroxylation is 2. The van der Waals surface area contributed by atoms with E-state index in [1.165, 1.54) is 25.8 Å². The van der Waals surface area contributed by atoms with Crippen LogP contribution in [0.4, 0.5) is 5.95 Å². The minimum atomic E-state index is -0.349. The molecule has 0 spiro atoms. The molecule has 2 aromatic heterocycles. The van der Waals surface area contributed by atoms with Crippen molar-refractivity contribution in [1.82, 2.24) is 24.5 Å². The third-order valence-electron chi connectivity index (χ3n) is 6.85. The Morgan fingerprint density at radius 3 is 2.68 bits per heavy atom. The van der Waals surface area contributed by atoms with Crippen molar-refractivity contribution in [2.45, 2.75) is 45.3 Å². The highest BCUT2D eigenvalue weighted by molar-refractivity contribution is 5.76. The van der Waals surface area contributed by atoms with E-state index in [1.807, 2.05) is 25.1 Å². The summed E-state index contributed by atoms with van der Waals surface area (Å²) in [4.78, 5) is 33.0. The third kappa shape index (κ3) is 3.55. The molecule has 1 unspecified atom stereocenters. The fraction of sp³-hybridized carbons (Fsp3) is 0.308. The lowest BCUT2D eigenvalue weighted by Crippen LogP contribution is -2.36. The first-order valence-corrected chi connectivity index (χ1v) is 11.7. The molecule has 0 fully saturated rings. The molecule has 172 valence electrons. The summed E-state index contributed by atoms with van der Waals surface area (Å²) in [5.74, 6) is 0.358. The predicted molar refractivity (Wildman–Crippen MR) is 129 cm³/mol. The smallest absolute Gasteiger partial charge is 0.348 e. The summed E-state index contributed by atoms with van der Waals surface area (Å²) in [6, 6.07) is 18.3. The maximum absolute atomic E-state index is 13.3. The molecule has 8 nitrogen and oxygen atoms in total. The number of carbonyl (C=O) groups excluding carboxylic acids is 1. The summed E-state index contributed by atoms with van der Waals surface area (Å²) in [6.07, 6.45) is 2.71. The zero-order chi connectivity index (χ0) is 23.2. The van der Waals surface area contributed by atoms with Gasteiger partial charge in [-0.25, -0.2) is 18.9 Å². The molecular formula is C26H26N6O2. The van der Waals surface area contributed by atoms with E-state index in [0.29, 0.717) is 18.1 Å². The van der Waals surface area contributed by atoms with Crippen LogP contribution in [0.2, 0.25) is 0 Å². The van der Waals surface area contributed by atoms with Gasteiger partial charge in [-0.05, 0) is 48.4 Å². The number of nitrogens with one attached hydrogen (secondary N) is 1. The molecule has 1 atom stereocenters. The number of rotatable bonds is 4. The molecule has 3 heterocycles. The van der Waals surface area contributed by atoms with E-state index >= 15 is 0 Å². The zero-order valence-electron chi connectivity index (χ0n) is 19.1. The highest BCUT2D eigenvalue weighted by atomic mass is 16.2. The first kappa shape index (κ1) is 20.7. The minimum absolute atomic E-state index is 0.0238. The Morgan fingerprint density at radius 1 is 1.06 bits per heavy atom. The van der Waals surface area contributed by atoms with Crippen LogP contribution in [0.5, 0.6) is 0 Å². The van der Waals surface area contributed by atoms with Gasteiger partial charge in [0.25, 0.3) is 0 Å². The van der Waals surface area contributed by atoms with Crippen LogP contribution in [0, 0.1) is 6.92 Å². The van der Waals surface area contributed by atoms with Crippen molar-refractivity contribution in [3.05, 3.63) is 93.0 Å². The minimum Gasteiger partial charge on any atom is -0.348 e. The summed E-state index contributed by atoms with van der Waals surface area (Å²) in [5.41, 5.74) is 5.93. The molecule has 1 aliphatic carbocycles. The molecule has 34 heavy (non-hydrogen) atoms. The summed E-state index contributed by atoms with van der Waals surface area (Å²) in [7, 11) is 0. The van der Waals surface area contributed by atoms with Gasteiger partial charge in [0.2, 0.25) is 11.9 Å². The molecular weight excluding hydrogens is 428 g/mol. The van der Waals surface area contributed by atoms with Gasteiger partial charge < -0.3 is 10.2 Å². The number of fused-ring (bicyclic) bond motifs is 3. The van der Waals surface area contributed by atoms with Crippen molar-refractivity contribution in [3.63, 3.8) is 0 Å². The number of hydrogen-bond donors (Lipinski definition) is 1. The quantitative estimate of drug-likeness (QED) is 0.512. The van der Waals surface area contributed by atoms with Crippen LogP contribution in [-0.4, -0.2) is 31.6 Å². The third-order valence-corrected chi connectivity index (χ3v) is 6.85. The lowest BCUT2D eigenvalue weighted by Gasteiger charge is -2.29. The van der Waals surface area contributed by atoms with Crippen LogP contribution in [-0.2, 0) is 30.7 Å². The summed E-state index contributed by atoms with van der Waals surface area (Å²) in [6.45, 7) is 3.22. The van der Waals surface area contributed by atoms with Crippen molar-refractivity contribution < 1.29 is 4.79 Å². The fourth-order valence-corrected chi connectivity index (χ4v) is 5.20. The second-order valence-corrected chi connectivity index (χ2v) is 9.13. The van der Waals surface area contributed by atoms with Gasteiger partial charge in [-0.3, -0.25) is 4.79 Å². The molecule has 8 heteroatoms. The lowest BCUT2D eigenvalue weighted by atomic mass is 10.0. The van der Waals surface area contributed by atoms with Gasteiger partial charge in [0.15, 0.2) is 5.65 Å². The molecule has 1 N–H and O–H groups in total. The van der Waals surface area contributed by atoms with Gasteiger partial charge in [-0.2, -0.15) is 0 Å². The highest BCUT2D eigenvalue weighted by Crippen LogP contribution is 2.30. The zero-order valence-corrected chi connectivity index (χ0v) is 19.1. The molecule has 1 amide bonds. The van der Waals surface area contributed by atoms with Crippen molar-refractivity contribution >= 4 is 17.5 Å². The van der Waals surface area contributed by atoms with Gasteiger partial charge >= 0.3 is 5.69 Å². The first-order chi connectivity index (χ1) is 16.6. The Morgan fingerprint density at radius 2 is 1.82 bits per heavy atom. The molecule has 0 radical (unpaired) electrons. The Labute approximate surface area is 196 Å². The Hall–Kier alpha value is -3.94. The maximum Gasteiger partial charge on any atom is 0.353 e. The van der Waals surface area contributed by atoms with Crippen molar-refractivity contribution in [2.24, 2.45) is 0 Å². The first-order valence-electron chi connectivity index (χ1n) is 11.7. The number of carbonyl (C=O) groups is 1. The van der Waals surface area contributed by atoms with E-state index in [0.717, 1.165) is 37.1 Å². The topological polar surface area (TPSA) is 84.5 Å². The highest BCUT2D eigenvalue weighted by Gasteiger charge is 2.25. The number of hydrogen-bond acceptors (Lipinski definition) is 5. The summed E-state index contributed by atoms with van der Waals surface area (Å²) >= 11 is 0. The molecule has 1 aliphatic heterocycles. The Balaban J connectivity index is 1.28. The number of nitrogens with zero attached hydrogens (tertiary/aromatic N) is 5. The van der Waals surface area contributed by atoms with E-state index in [1.54, 1.807) is 6.07 Å². The van der Waals surface area contributed by atoms with Gasteiger partial charge in [0.1, 0.15) is 6.54 Å². The number of benzene rings is 2. The molecule has 2 aliphatic rings. The average molecular weight is 455 g/mol. The SMILES string of the molecule is Cc1cc2nn(CC(=O)NC3CCc4ccccc43)c(=O)n2c(N2CCc3ccccc3C2)n1. The maximum atomic E-state index is 13.3. The number of aromatic nitrogens is 4. The average Bonchev–Trinajstić information content (AvgIpc) is 3.38. The van der Waals surface area contributed by atoms with E-state index in [4.69, 9.17) is 4.98 Å². The van der Waals surface area contributed by atoms with Crippen LogP contribution in [0.25, 0.3) is 5.65 Å². The number of anilines is 1. The summed E-state index contributed by atoms with van der Waals surface area (Å²) in [5, 5.41) is 7.55. The monoisotopic (exact) mass is 454 g/mol. The van der Waals surface area contributed by atoms with Crippen LogP contribution < -0.4 is 15.9 Å². The van der Waals surface area contributed by atoms with E-state index in [9.17, 15) is 9.59 Å². The predicted octanol–water partition coefficient (Wildman–Crippen LogP) is 2.57. The summed E-state index contributed by atoms with van der Waals surface area (Å²) < 4.78 is 2.77. The Kier molecular flexibility index (Phi) is 4.94. The van der Waals surface area contributed by atoms with Gasteiger partial charge in [0.05, 0.1) is 6.04 Å². The molecule has 0 saturated heterocycles. The molecule has 4 aromatic rings. The largest absolute Gasteiger partial charge is 0.353 e. The van der Waals surface area contributed by atoms with Crippen LogP contribution in [0.15, 0.2) is 59.4 Å². The van der Waals surface area contributed by atoms with Crippen LogP contribution in [0.3, 0.4) is 0 Å². The second kappa shape index (κ2) is 8.13. The second-order valence-electron chi connectivity index (χ2n) is 9.13. The van der Waals surface area contributed by atoms with Crippen molar-refractivity contribution in [2.75, 3.05) is 11.4 Å². The lowest BCUT2D eigenvalue weighted by molar-refractivity contribution is -0.122. The molecule has 0 bridgehead atoms. The molecule has 0 saturated carbocycles. The van der Waals surface area contributed by atoms with Gasteiger partial charge in [-0.15, -0.1) is 5.10 Å². The molecule has 6 rings (SSSR count). The molecule has 2 aromatic carbocycles. The van der Waals surface area contributed by atoms with Gasteiger partial charge in [-0.1, -0.05) is 48.5 Å². The van der Waals surface area contributed by atoms with Gasteiger partial charge in [0, 0.05) is 24.8 Å². The van der Waals surface area contributed by atoms with Crippen LogP contribution in [0.1, 0.15) is 40.4 Å². The van der Waals surface area contributed by atoms with E-state index in [2.05, 4.69) is 45.6 Å².